The molecule has 0 aromatic heterocycles. The molecule has 5 heteroatoms. The van der Waals surface area contributed by atoms with Crippen LogP contribution in [0.4, 0.5) is 11.4 Å². The third-order valence-corrected chi connectivity index (χ3v) is 3.78. The summed E-state index contributed by atoms with van der Waals surface area (Å²) < 4.78 is 0. The van der Waals surface area contributed by atoms with Gasteiger partial charge in [0, 0.05) is 24.8 Å². The van der Waals surface area contributed by atoms with Crippen LogP contribution in [0.3, 0.4) is 0 Å². The Bertz CT molecular complexity index is 536. The maximum absolute atomic E-state index is 11.0. The SMILES string of the molecule is CC1(C)CCN(c2ccc(C#N)c([N+](=O)[O-])c2)CC1. The van der Waals surface area contributed by atoms with Gasteiger partial charge in [-0.3, -0.25) is 10.1 Å². The van der Waals surface area contributed by atoms with Crippen LogP contribution in [-0.2, 0) is 0 Å². The summed E-state index contributed by atoms with van der Waals surface area (Å²) in [5.41, 5.74) is 1.19. The van der Waals surface area contributed by atoms with Crippen molar-refractivity contribution in [2.45, 2.75) is 26.7 Å². The topological polar surface area (TPSA) is 70.2 Å². The van der Waals surface area contributed by atoms with E-state index in [-0.39, 0.29) is 11.3 Å². The van der Waals surface area contributed by atoms with Crippen LogP contribution in [0.1, 0.15) is 32.3 Å². The van der Waals surface area contributed by atoms with Gasteiger partial charge >= 0.3 is 0 Å². The Kier molecular flexibility index (Phi) is 3.43. The number of hydrogen-bond acceptors (Lipinski definition) is 4. The van der Waals surface area contributed by atoms with Gasteiger partial charge in [-0.25, -0.2) is 0 Å². The molecule has 0 spiro atoms. The average Bonchev–Trinajstić information content (AvgIpc) is 2.38. The average molecular weight is 259 g/mol. The van der Waals surface area contributed by atoms with Crippen molar-refractivity contribution in [2.75, 3.05) is 18.0 Å². The molecule has 1 aliphatic heterocycles. The van der Waals surface area contributed by atoms with E-state index in [1.807, 2.05) is 6.07 Å². The first kappa shape index (κ1) is 13.3. The highest BCUT2D eigenvalue weighted by Gasteiger charge is 2.26. The highest BCUT2D eigenvalue weighted by molar-refractivity contribution is 5.60. The zero-order valence-electron chi connectivity index (χ0n) is 11.2. The molecule has 5 nitrogen and oxygen atoms in total. The molecule has 0 bridgehead atoms. The van der Waals surface area contributed by atoms with Crippen LogP contribution in [0.2, 0.25) is 0 Å². The lowest BCUT2D eigenvalue weighted by Gasteiger charge is -2.38. The maximum Gasteiger partial charge on any atom is 0.289 e. The Balaban J connectivity index is 2.25. The van der Waals surface area contributed by atoms with Gasteiger partial charge < -0.3 is 4.90 Å². The van der Waals surface area contributed by atoms with Gasteiger partial charge in [0.25, 0.3) is 5.69 Å². The molecule has 19 heavy (non-hydrogen) atoms. The van der Waals surface area contributed by atoms with E-state index < -0.39 is 4.92 Å². The van der Waals surface area contributed by atoms with Gasteiger partial charge in [0.15, 0.2) is 0 Å². The largest absolute Gasteiger partial charge is 0.371 e. The van der Waals surface area contributed by atoms with Crippen molar-refractivity contribution in [1.29, 1.82) is 5.26 Å². The number of rotatable bonds is 2. The van der Waals surface area contributed by atoms with Crippen LogP contribution in [0.5, 0.6) is 0 Å². The Labute approximate surface area is 112 Å². The third-order valence-electron chi connectivity index (χ3n) is 3.78. The molecule has 1 aromatic carbocycles. The number of hydrogen-bond donors (Lipinski definition) is 0. The molecular weight excluding hydrogens is 242 g/mol. The molecule has 0 amide bonds. The molecule has 1 fully saturated rings. The molecule has 1 aliphatic rings. The summed E-state index contributed by atoms with van der Waals surface area (Å²) in [6.45, 7) is 6.28. The van der Waals surface area contributed by atoms with Crippen LogP contribution in [-0.4, -0.2) is 18.0 Å². The second-order valence-electron chi connectivity index (χ2n) is 5.72. The molecule has 0 atom stereocenters. The van der Waals surface area contributed by atoms with Gasteiger partial charge in [0.1, 0.15) is 11.6 Å². The standard InChI is InChI=1S/C14H17N3O2/c1-14(2)5-7-16(8-6-14)12-4-3-11(10-15)13(9-12)17(18)19/h3-4,9H,5-8H2,1-2H3. The molecular formula is C14H17N3O2. The minimum absolute atomic E-state index is 0.107. The summed E-state index contributed by atoms with van der Waals surface area (Å²) in [6.07, 6.45) is 2.14. The lowest BCUT2D eigenvalue weighted by Crippen LogP contribution is -2.37. The molecule has 0 saturated carbocycles. The highest BCUT2D eigenvalue weighted by Crippen LogP contribution is 2.33. The molecule has 0 N–H and O–H groups in total. The number of benzene rings is 1. The van der Waals surface area contributed by atoms with E-state index in [2.05, 4.69) is 18.7 Å². The van der Waals surface area contributed by atoms with Gasteiger partial charge in [-0.1, -0.05) is 13.8 Å². The van der Waals surface area contributed by atoms with Gasteiger partial charge in [-0.05, 0) is 30.4 Å². The lowest BCUT2D eigenvalue weighted by molar-refractivity contribution is -0.385. The molecule has 0 aliphatic carbocycles. The summed E-state index contributed by atoms with van der Waals surface area (Å²) in [5, 5.41) is 19.8. The number of nitro groups is 1. The normalized spacial score (nSPS) is 17.8. The Morgan fingerprint density at radius 3 is 2.53 bits per heavy atom. The maximum atomic E-state index is 11.0. The lowest BCUT2D eigenvalue weighted by atomic mass is 9.82. The van der Waals surface area contributed by atoms with Crippen molar-refractivity contribution >= 4 is 11.4 Å². The third kappa shape index (κ3) is 2.84. The van der Waals surface area contributed by atoms with Crippen molar-refractivity contribution in [1.82, 2.24) is 0 Å². The second kappa shape index (κ2) is 4.88. The minimum atomic E-state index is -0.490. The predicted molar refractivity (Wildman–Crippen MR) is 73.0 cm³/mol. The van der Waals surface area contributed by atoms with E-state index in [1.165, 1.54) is 12.1 Å². The van der Waals surface area contributed by atoms with E-state index >= 15 is 0 Å². The highest BCUT2D eigenvalue weighted by atomic mass is 16.6. The molecule has 1 saturated heterocycles. The summed E-state index contributed by atoms with van der Waals surface area (Å²) in [5.74, 6) is 0. The molecule has 2 rings (SSSR count). The van der Waals surface area contributed by atoms with Gasteiger partial charge in [-0.2, -0.15) is 5.26 Å². The predicted octanol–water partition coefficient (Wildman–Crippen LogP) is 3.09. The minimum Gasteiger partial charge on any atom is -0.371 e. The molecule has 100 valence electrons. The van der Waals surface area contributed by atoms with E-state index in [1.54, 1.807) is 6.07 Å². The number of nitrogens with zero attached hydrogens (tertiary/aromatic N) is 3. The first-order valence-electron chi connectivity index (χ1n) is 6.36. The zero-order valence-corrected chi connectivity index (χ0v) is 11.2. The van der Waals surface area contributed by atoms with E-state index in [9.17, 15) is 10.1 Å². The second-order valence-corrected chi connectivity index (χ2v) is 5.72. The smallest absolute Gasteiger partial charge is 0.289 e. The first-order valence-corrected chi connectivity index (χ1v) is 6.36. The summed E-state index contributed by atoms with van der Waals surface area (Å²) in [7, 11) is 0. The van der Waals surface area contributed by atoms with Crippen LogP contribution in [0.25, 0.3) is 0 Å². The zero-order chi connectivity index (χ0) is 14.0. The Morgan fingerprint density at radius 2 is 2.00 bits per heavy atom. The first-order chi connectivity index (χ1) is 8.93. The van der Waals surface area contributed by atoms with Crippen LogP contribution >= 0.6 is 0 Å². The summed E-state index contributed by atoms with van der Waals surface area (Å²) in [6, 6.07) is 6.70. The Morgan fingerprint density at radius 1 is 1.37 bits per heavy atom. The van der Waals surface area contributed by atoms with E-state index in [0.29, 0.717) is 5.41 Å². The van der Waals surface area contributed by atoms with Crippen molar-refractivity contribution in [3.8, 4) is 6.07 Å². The molecule has 1 heterocycles. The van der Waals surface area contributed by atoms with Crippen LogP contribution in [0, 0.1) is 26.9 Å². The number of nitriles is 1. The van der Waals surface area contributed by atoms with E-state index in [0.717, 1.165) is 31.6 Å². The van der Waals surface area contributed by atoms with Crippen molar-refractivity contribution < 1.29 is 4.92 Å². The van der Waals surface area contributed by atoms with Crippen LogP contribution in [0.15, 0.2) is 18.2 Å². The molecule has 0 radical (unpaired) electrons. The molecule has 0 unspecified atom stereocenters. The number of anilines is 1. The summed E-state index contributed by atoms with van der Waals surface area (Å²) in [4.78, 5) is 12.6. The van der Waals surface area contributed by atoms with Crippen molar-refractivity contribution in [2.24, 2.45) is 5.41 Å². The fourth-order valence-corrected chi connectivity index (χ4v) is 2.33. The van der Waals surface area contributed by atoms with Gasteiger partial charge in [0.05, 0.1) is 4.92 Å². The number of nitro benzene ring substituents is 1. The van der Waals surface area contributed by atoms with E-state index in [4.69, 9.17) is 5.26 Å². The summed E-state index contributed by atoms with van der Waals surface area (Å²) >= 11 is 0. The molecule has 1 aromatic rings. The van der Waals surface area contributed by atoms with Crippen molar-refractivity contribution in [3.05, 3.63) is 33.9 Å². The monoisotopic (exact) mass is 259 g/mol. The fourth-order valence-electron chi connectivity index (χ4n) is 2.33. The van der Waals surface area contributed by atoms with Gasteiger partial charge in [0.2, 0.25) is 0 Å². The van der Waals surface area contributed by atoms with Crippen molar-refractivity contribution in [3.63, 3.8) is 0 Å². The quantitative estimate of drug-likeness (QED) is 0.604. The Hall–Kier alpha value is -2.09. The van der Waals surface area contributed by atoms with Gasteiger partial charge in [-0.15, -0.1) is 0 Å². The number of piperidine rings is 1. The fraction of sp³-hybridized carbons (Fsp3) is 0.500. The van der Waals surface area contributed by atoms with Crippen LogP contribution < -0.4 is 4.90 Å².